The minimum absolute atomic E-state index is 0.456. The van der Waals surface area contributed by atoms with Crippen molar-refractivity contribution in [1.29, 1.82) is 0 Å². The van der Waals surface area contributed by atoms with Crippen LogP contribution in [-0.2, 0) is 6.54 Å². The lowest BCUT2D eigenvalue weighted by molar-refractivity contribution is 0.154. The van der Waals surface area contributed by atoms with Crippen LogP contribution in [0.4, 0.5) is 0 Å². The van der Waals surface area contributed by atoms with Gasteiger partial charge in [0.1, 0.15) is 5.75 Å². The molecule has 0 amide bonds. The minimum Gasteiger partial charge on any atom is -0.507 e. The van der Waals surface area contributed by atoms with E-state index in [-0.39, 0.29) is 0 Å². The number of nitrogens with zero attached hydrogens (tertiary/aromatic N) is 1. The summed E-state index contributed by atoms with van der Waals surface area (Å²) in [5.41, 5.74) is 1.99. The van der Waals surface area contributed by atoms with Crippen molar-refractivity contribution < 1.29 is 5.11 Å². The Labute approximate surface area is 124 Å². The van der Waals surface area contributed by atoms with E-state index in [0.717, 1.165) is 28.7 Å². The van der Waals surface area contributed by atoms with E-state index in [2.05, 4.69) is 27.8 Å². The topological polar surface area (TPSA) is 23.5 Å². The largest absolute Gasteiger partial charge is 0.507 e. The molecule has 2 nitrogen and oxygen atoms in total. The number of aryl methyl sites for hydroxylation is 1. The number of rotatable bonds is 4. The first-order valence-corrected chi connectivity index (χ1v) is 8.13. The van der Waals surface area contributed by atoms with Gasteiger partial charge in [-0.2, -0.15) is 0 Å². The van der Waals surface area contributed by atoms with E-state index in [0.29, 0.717) is 11.8 Å². The molecule has 3 heteroatoms. The van der Waals surface area contributed by atoms with Gasteiger partial charge < -0.3 is 5.11 Å². The molecule has 1 fully saturated rings. The van der Waals surface area contributed by atoms with Gasteiger partial charge in [0.25, 0.3) is 0 Å². The minimum atomic E-state index is 0.456. The van der Waals surface area contributed by atoms with Gasteiger partial charge in [0.2, 0.25) is 0 Å². The second kappa shape index (κ2) is 6.76. The van der Waals surface area contributed by atoms with Gasteiger partial charge >= 0.3 is 0 Å². The van der Waals surface area contributed by atoms with Crippen molar-refractivity contribution in [1.82, 2.24) is 4.90 Å². The predicted octanol–water partition coefficient (Wildman–Crippen LogP) is 4.62. The van der Waals surface area contributed by atoms with Crippen LogP contribution in [0.3, 0.4) is 0 Å². The van der Waals surface area contributed by atoms with Gasteiger partial charge in [-0.3, -0.25) is 4.90 Å². The van der Waals surface area contributed by atoms with Crippen molar-refractivity contribution in [3.63, 3.8) is 0 Å². The first-order chi connectivity index (χ1) is 9.11. The van der Waals surface area contributed by atoms with Crippen molar-refractivity contribution in [3.8, 4) is 5.75 Å². The molecular formula is C16H24BrNO. The molecule has 1 aromatic carbocycles. The SMILES string of the molecule is CCN(Cc1cc(Br)cc(C)c1O)C1CCCCC1. The highest BCUT2D eigenvalue weighted by Gasteiger charge is 2.21. The number of halogens is 1. The summed E-state index contributed by atoms with van der Waals surface area (Å²) in [5, 5.41) is 10.2. The summed E-state index contributed by atoms with van der Waals surface area (Å²) >= 11 is 3.53. The predicted molar refractivity (Wildman–Crippen MR) is 83.5 cm³/mol. The van der Waals surface area contributed by atoms with Gasteiger partial charge in [-0.05, 0) is 44.0 Å². The van der Waals surface area contributed by atoms with E-state index >= 15 is 0 Å². The Morgan fingerprint density at radius 2 is 1.95 bits per heavy atom. The Morgan fingerprint density at radius 1 is 1.26 bits per heavy atom. The fraction of sp³-hybridized carbons (Fsp3) is 0.625. The number of benzene rings is 1. The van der Waals surface area contributed by atoms with Crippen LogP contribution >= 0.6 is 15.9 Å². The summed E-state index contributed by atoms with van der Waals surface area (Å²) in [6, 6.07) is 4.71. The Balaban J connectivity index is 2.13. The zero-order valence-corrected chi connectivity index (χ0v) is 13.5. The van der Waals surface area contributed by atoms with Crippen molar-refractivity contribution in [3.05, 3.63) is 27.7 Å². The van der Waals surface area contributed by atoms with Gasteiger partial charge in [0.15, 0.2) is 0 Å². The van der Waals surface area contributed by atoms with E-state index in [1.54, 1.807) is 0 Å². The van der Waals surface area contributed by atoms with Crippen molar-refractivity contribution in [2.45, 2.75) is 58.5 Å². The molecule has 106 valence electrons. The molecule has 1 aliphatic rings. The quantitative estimate of drug-likeness (QED) is 0.873. The number of phenolic OH excluding ortho intramolecular Hbond substituents is 1. The summed E-state index contributed by atoms with van der Waals surface area (Å²) in [6.45, 7) is 6.08. The summed E-state index contributed by atoms with van der Waals surface area (Å²) in [6.07, 6.45) is 6.70. The van der Waals surface area contributed by atoms with E-state index < -0.39 is 0 Å². The van der Waals surface area contributed by atoms with E-state index in [1.807, 2.05) is 19.1 Å². The summed E-state index contributed by atoms with van der Waals surface area (Å²) in [4.78, 5) is 2.51. The van der Waals surface area contributed by atoms with Crippen molar-refractivity contribution in [2.24, 2.45) is 0 Å². The molecule has 1 aliphatic carbocycles. The highest BCUT2D eigenvalue weighted by Crippen LogP contribution is 2.30. The molecule has 19 heavy (non-hydrogen) atoms. The Hall–Kier alpha value is -0.540. The summed E-state index contributed by atoms with van der Waals surface area (Å²) in [5.74, 6) is 0.456. The van der Waals surface area contributed by atoms with E-state index in [1.165, 1.54) is 32.1 Å². The Bertz CT molecular complexity index is 427. The van der Waals surface area contributed by atoms with Crippen LogP contribution in [0.5, 0.6) is 5.75 Å². The second-order valence-corrected chi connectivity index (χ2v) is 6.50. The third kappa shape index (κ3) is 3.73. The fourth-order valence-electron chi connectivity index (χ4n) is 3.09. The second-order valence-electron chi connectivity index (χ2n) is 5.59. The maximum Gasteiger partial charge on any atom is 0.123 e. The molecule has 0 radical (unpaired) electrons. The first kappa shape index (κ1) is 14.9. The summed E-state index contributed by atoms with van der Waals surface area (Å²) < 4.78 is 1.05. The van der Waals surface area contributed by atoms with Gasteiger partial charge in [0, 0.05) is 22.6 Å². The smallest absolute Gasteiger partial charge is 0.123 e. The maximum atomic E-state index is 10.2. The third-order valence-electron chi connectivity index (χ3n) is 4.21. The molecule has 0 aliphatic heterocycles. The number of hydrogen-bond acceptors (Lipinski definition) is 2. The van der Waals surface area contributed by atoms with Crippen LogP contribution < -0.4 is 0 Å². The molecule has 0 atom stereocenters. The number of phenols is 1. The van der Waals surface area contributed by atoms with Crippen LogP contribution in [0.25, 0.3) is 0 Å². The average Bonchev–Trinajstić information content (AvgIpc) is 2.42. The molecule has 0 saturated heterocycles. The molecule has 1 aromatic rings. The first-order valence-electron chi connectivity index (χ1n) is 7.34. The molecule has 0 spiro atoms. The molecule has 2 rings (SSSR count). The summed E-state index contributed by atoms with van der Waals surface area (Å²) in [7, 11) is 0. The molecule has 0 heterocycles. The van der Waals surface area contributed by atoms with E-state index in [4.69, 9.17) is 0 Å². The zero-order chi connectivity index (χ0) is 13.8. The van der Waals surface area contributed by atoms with Crippen LogP contribution in [0, 0.1) is 6.92 Å². The molecule has 0 bridgehead atoms. The Morgan fingerprint density at radius 3 is 2.58 bits per heavy atom. The number of hydrogen-bond donors (Lipinski definition) is 1. The third-order valence-corrected chi connectivity index (χ3v) is 4.67. The lowest BCUT2D eigenvalue weighted by Gasteiger charge is -2.33. The standard InChI is InChI=1S/C16H24BrNO/c1-3-18(15-7-5-4-6-8-15)11-13-10-14(17)9-12(2)16(13)19/h9-10,15,19H,3-8,11H2,1-2H3. The van der Waals surface area contributed by atoms with Crippen molar-refractivity contribution in [2.75, 3.05) is 6.54 Å². The monoisotopic (exact) mass is 325 g/mol. The van der Waals surface area contributed by atoms with Crippen LogP contribution in [0.2, 0.25) is 0 Å². The molecule has 0 aromatic heterocycles. The number of aromatic hydroxyl groups is 1. The van der Waals surface area contributed by atoms with Gasteiger partial charge in [-0.1, -0.05) is 42.1 Å². The van der Waals surface area contributed by atoms with Crippen LogP contribution in [-0.4, -0.2) is 22.6 Å². The lowest BCUT2D eigenvalue weighted by Crippen LogP contribution is -2.36. The molecular weight excluding hydrogens is 302 g/mol. The fourth-order valence-corrected chi connectivity index (χ4v) is 3.71. The molecule has 0 unspecified atom stereocenters. The zero-order valence-electron chi connectivity index (χ0n) is 12.0. The Kier molecular flexibility index (Phi) is 5.28. The lowest BCUT2D eigenvalue weighted by atomic mass is 9.93. The molecule has 1 N–H and O–H groups in total. The van der Waals surface area contributed by atoms with E-state index in [9.17, 15) is 5.11 Å². The van der Waals surface area contributed by atoms with Crippen LogP contribution in [0.1, 0.15) is 50.2 Å². The average molecular weight is 326 g/mol. The van der Waals surface area contributed by atoms with Crippen LogP contribution in [0.15, 0.2) is 16.6 Å². The highest BCUT2D eigenvalue weighted by atomic mass is 79.9. The van der Waals surface area contributed by atoms with Gasteiger partial charge in [-0.25, -0.2) is 0 Å². The van der Waals surface area contributed by atoms with Crippen molar-refractivity contribution >= 4 is 15.9 Å². The van der Waals surface area contributed by atoms with Gasteiger partial charge in [-0.15, -0.1) is 0 Å². The van der Waals surface area contributed by atoms with Gasteiger partial charge in [0.05, 0.1) is 0 Å². The maximum absolute atomic E-state index is 10.2. The molecule has 1 saturated carbocycles. The highest BCUT2D eigenvalue weighted by molar-refractivity contribution is 9.10. The normalized spacial score (nSPS) is 17.1.